The van der Waals surface area contributed by atoms with Gasteiger partial charge in [-0.05, 0) is 54.8 Å². The van der Waals surface area contributed by atoms with Crippen LogP contribution in [0.25, 0.3) is 0 Å². The van der Waals surface area contributed by atoms with Crippen LogP contribution in [0.3, 0.4) is 0 Å². The fourth-order valence-electron chi connectivity index (χ4n) is 10.8. The van der Waals surface area contributed by atoms with Crippen LogP contribution in [0.1, 0.15) is 86.7 Å². The van der Waals surface area contributed by atoms with Crippen molar-refractivity contribution in [2.24, 2.45) is 16.7 Å². The zero-order chi connectivity index (χ0) is 50.9. The number of carbonyl (C=O) groups excluding carboxylic acids is 7. The molecule has 12 atom stereocenters. The van der Waals surface area contributed by atoms with Crippen LogP contribution in [-0.2, 0) is 47.6 Å². The van der Waals surface area contributed by atoms with Crippen molar-refractivity contribution in [3.05, 3.63) is 119 Å². The number of fused-ring (bicyclic) bond motifs is 5. The topological polar surface area (TPSA) is 280 Å². The van der Waals surface area contributed by atoms with Gasteiger partial charge in [-0.3, -0.25) is 19.2 Å². The highest BCUT2D eigenvalue weighted by Crippen LogP contribution is 2.65. The van der Waals surface area contributed by atoms with Gasteiger partial charge in [0.25, 0.3) is 5.91 Å². The molecule has 19 heteroatoms. The first-order valence-electron chi connectivity index (χ1n) is 22.9. The molecule has 1 unspecified atom stereocenters. The monoisotopic (exact) mass is 970 g/mol. The second-order valence-electron chi connectivity index (χ2n) is 18.9. The van der Waals surface area contributed by atoms with E-state index in [1.54, 1.807) is 78.9 Å². The standard InChI is InChI=1S/C51H58N2O17/c1-27-34(67-46(62)39(58)38(30-16-10-7-11-17-30)53-44(60)31-18-12-8-13-19-31)23-51(64)43(69-45(61)32-20-14-9-15-21-32)41-49(6,42(59)40(66-28(2)55)37(27)48(51,4)5)35(68-47(63)52-24-33(57)25-54)22-36-50(41,26-65-36)70-29(3)56/h7-21,33-36,38-41,43,54,57-58,64H,22-26H2,1-6H3,(H,52,63)(H,53,60)/t33?,34-,35-,36+,38-,39+,40+,41-,43-,49+,50-,51+/m0/s1. The van der Waals surface area contributed by atoms with E-state index in [1.807, 2.05) is 0 Å². The maximum absolute atomic E-state index is 16.1. The van der Waals surface area contributed by atoms with Crippen LogP contribution < -0.4 is 10.6 Å². The Hall–Kier alpha value is -6.51. The summed E-state index contributed by atoms with van der Waals surface area (Å²) in [6.07, 6.45) is -13.9. The van der Waals surface area contributed by atoms with Crippen LogP contribution in [-0.4, -0.2) is 136 Å². The number of alkyl carbamates (subject to hydrolysis) is 1. The molecule has 6 N–H and O–H groups in total. The molecule has 4 aliphatic rings. The Morgan fingerprint density at radius 2 is 1.41 bits per heavy atom. The van der Waals surface area contributed by atoms with Crippen LogP contribution in [0.2, 0.25) is 0 Å². The van der Waals surface area contributed by atoms with Crippen molar-refractivity contribution >= 4 is 41.7 Å². The first kappa shape index (κ1) is 51.3. The quantitative estimate of drug-likeness (QED) is 0.0770. The third kappa shape index (κ3) is 9.31. The summed E-state index contributed by atoms with van der Waals surface area (Å²) in [7, 11) is 0. The van der Waals surface area contributed by atoms with Crippen molar-refractivity contribution in [2.75, 3.05) is 19.8 Å². The number of ketones is 1. The van der Waals surface area contributed by atoms with Gasteiger partial charge in [0.15, 0.2) is 23.6 Å². The number of carbonyl (C=O) groups is 7. The highest BCUT2D eigenvalue weighted by atomic mass is 16.6. The number of esters is 4. The lowest BCUT2D eigenvalue weighted by Crippen LogP contribution is -2.82. The molecule has 0 radical (unpaired) electrons. The summed E-state index contributed by atoms with van der Waals surface area (Å²) >= 11 is 0. The molecule has 0 spiro atoms. The van der Waals surface area contributed by atoms with E-state index in [-0.39, 0.29) is 28.7 Å². The average molecular weight is 971 g/mol. The van der Waals surface area contributed by atoms with Crippen LogP contribution in [0.5, 0.6) is 0 Å². The number of benzene rings is 3. The van der Waals surface area contributed by atoms with Gasteiger partial charge in [-0.15, -0.1) is 0 Å². The number of rotatable bonds is 14. The number of hydrogen-bond donors (Lipinski definition) is 6. The van der Waals surface area contributed by atoms with Crippen LogP contribution in [0.15, 0.2) is 102 Å². The summed E-state index contributed by atoms with van der Waals surface area (Å²) in [5, 5.41) is 50.3. The number of ether oxygens (including phenoxy) is 6. The molecule has 7 rings (SSSR count). The van der Waals surface area contributed by atoms with Crippen molar-refractivity contribution in [1.29, 1.82) is 0 Å². The highest BCUT2D eigenvalue weighted by molar-refractivity contribution is 5.96. The molecule has 3 aliphatic carbocycles. The minimum Gasteiger partial charge on any atom is -0.456 e. The zero-order valence-corrected chi connectivity index (χ0v) is 39.5. The third-order valence-corrected chi connectivity index (χ3v) is 14.4. The molecule has 3 fully saturated rings. The van der Waals surface area contributed by atoms with Crippen molar-refractivity contribution in [2.45, 2.75) is 114 Å². The van der Waals surface area contributed by atoms with E-state index < -0.39 is 145 Å². The van der Waals surface area contributed by atoms with Gasteiger partial charge < -0.3 is 59.5 Å². The molecule has 2 amide bonds. The van der Waals surface area contributed by atoms with E-state index in [4.69, 9.17) is 28.4 Å². The maximum atomic E-state index is 16.1. The van der Waals surface area contributed by atoms with Crippen molar-refractivity contribution < 1.29 is 82.4 Å². The van der Waals surface area contributed by atoms with Gasteiger partial charge in [0.1, 0.15) is 30.0 Å². The number of amides is 2. The molecule has 0 aromatic heterocycles. The first-order valence-corrected chi connectivity index (χ1v) is 22.9. The molecule has 3 aromatic carbocycles. The number of Topliss-reactive ketones (excluding diaryl/α,β-unsaturated/α-hetero) is 1. The number of nitrogens with one attached hydrogen (secondary N) is 2. The van der Waals surface area contributed by atoms with Gasteiger partial charge in [-0.25, -0.2) is 14.4 Å². The van der Waals surface area contributed by atoms with Crippen LogP contribution in [0, 0.1) is 16.7 Å². The van der Waals surface area contributed by atoms with Gasteiger partial charge >= 0.3 is 30.0 Å². The molecule has 1 aliphatic heterocycles. The maximum Gasteiger partial charge on any atom is 0.407 e. The molecule has 2 saturated carbocycles. The normalized spacial score (nSPS) is 29.9. The fourth-order valence-corrected chi connectivity index (χ4v) is 10.8. The van der Waals surface area contributed by atoms with Crippen molar-refractivity contribution in [3.8, 4) is 0 Å². The summed E-state index contributed by atoms with van der Waals surface area (Å²) in [6.45, 7) is 6.42. The summed E-state index contributed by atoms with van der Waals surface area (Å²) in [5.74, 6) is -7.41. The molecule has 19 nitrogen and oxygen atoms in total. The molecule has 3 aromatic rings. The predicted octanol–water partition coefficient (Wildman–Crippen LogP) is 2.82. The molecule has 70 heavy (non-hydrogen) atoms. The average Bonchev–Trinajstić information content (AvgIpc) is 3.33. The summed E-state index contributed by atoms with van der Waals surface area (Å²) < 4.78 is 36.7. The van der Waals surface area contributed by atoms with Crippen molar-refractivity contribution in [1.82, 2.24) is 10.6 Å². The smallest absolute Gasteiger partial charge is 0.407 e. The second kappa shape index (κ2) is 20.1. The Morgan fingerprint density at radius 1 is 0.814 bits per heavy atom. The Kier molecular flexibility index (Phi) is 14.7. The molecule has 1 heterocycles. The third-order valence-electron chi connectivity index (χ3n) is 14.4. The van der Waals surface area contributed by atoms with Gasteiger partial charge in [0.2, 0.25) is 0 Å². The lowest BCUT2D eigenvalue weighted by molar-refractivity contribution is -0.345. The number of hydrogen-bond acceptors (Lipinski definition) is 17. The summed E-state index contributed by atoms with van der Waals surface area (Å²) in [5.41, 5.74) is -7.87. The second-order valence-corrected chi connectivity index (χ2v) is 18.9. The van der Waals surface area contributed by atoms with E-state index in [2.05, 4.69) is 10.6 Å². The Labute approximate surface area is 403 Å². The first-order chi connectivity index (χ1) is 33.1. The van der Waals surface area contributed by atoms with E-state index >= 15 is 4.79 Å². The minimum atomic E-state index is -2.52. The Bertz CT molecular complexity index is 2520. The van der Waals surface area contributed by atoms with Gasteiger partial charge in [0, 0.05) is 44.2 Å². The number of aliphatic hydroxyl groups excluding tert-OH is 3. The molecular weight excluding hydrogens is 913 g/mol. The lowest BCUT2D eigenvalue weighted by Gasteiger charge is -2.67. The van der Waals surface area contributed by atoms with Crippen molar-refractivity contribution in [3.63, 3.8) is 0 Å². The fraction of sp³-hybridized carbons (Fsp3) is 0.471. The Morgan fingerprint density at radius 3 is 1.97 bits per heavy atom. The van der Waals surface area contributed by atoms with Gasteiger partial charge in [-0.1, -0.05) is 80.6 Å². The Balaban J connectivity index is 1.41. The zero-order valence-electron chi connectivity index (χ0n) is 39.5. The number of aliphatic hydroxyl groups is 4. The lowest BCUT2D eigenvalue weighted by atomic mass is 9.44. The van der Waals surface area contributed by atoms with Gasteiger partial charge in [-0.2, -0.15) is 0 Å². The highest BCUT2D eigenvalue weighted by Gasteiger charge is 2.79. The van der Waals surface area contributed by atoms with E-state index in [1.165, 1.54) is 39.8 Å². The predicted molar refractivity (Wildman–Crippen MR) is 243 cm³/mol. The van der Waals surface area contributed by atoms with Crippen LogP contribution in [0.4, 0.5) is 4.79 Å². The molecule has 2 bridgehead atoms. The van der Waals surface area contributed by atoms with Gasteiger partial charge in [0.05, 0.1) is 42.3 Å². The molecular formula is C51H58N2O17. The van der Waals surface area contributed by atoms with E-state index in [9.17, 15) is 49.2 Å². The minimum absolute atomic E-state index is 0.00326. The SMILES string of the molecule is CC(=O)O[C@H]1C(=O)[C@]2(C)[C@@H](OC(=O)NCC(O)CO)C[C@H]3OC[C@@]3(OC(C)=O)[C@H]2[C@H](OC(=O)c2ccccc2)[C@]2(O)C[C@H](OC(=O)[C@H](O)[C@@H](NC(=O)c3ccccc3)c3ccccc3)C(C)=C1C2(C)C. The van der Waals surface area contributed by atoms with E-state index in [0.717, 1.165) is 13.8 Å². The van der Waals surface area contributed by atoms with Crippen LogP contribution >= 0.6 is 0 Å². The molecule has 1 saturated heterocycles. The van der Waals surface area contributed by atoms with E-state index in [0.29, 0.717) is 5.56 Å². The molecule has 374 valence electrons. The summed E-state index contributed by atoms with van der Waals surface area (Å²) in [6, 6.07) is 22.5. The largest absolute Gasteiger partial charge is 0.456 e. The summed E-state index contributed by atoms with van der Waals surface area (Å²) in [4.78, 5) is 98.7.